The summed E-state index contributed by atoms with van der Waals surface area (Å²) < 4.78 is 54.8. The molecule has 0 aliphatic heterocycles. The van der Waals surface area contributed by atoms with Crippen LogP contribution in [0.2, 0.25) is 0 Å². The van der Waals surface area contributed by atoms with Crippen LogP contribution in [0.1, 0.15) is 17.3 Å². The number of likely N-dealkylation sites (N-methyl/N-ethyl adjacent to an activating group) is 1. The molecule has 0 aliphatic carbocycles. The van der Waals surface area contributed by atoms with Crippen molar-refractivity contribution in [1.29, 1.82) is 0 Å². The Balaban J connectivity index is 2.27. The minimum Gasteiger partial charge on any atom is -0.301 e. The van der Waals surface area contributed by atoms with Gasteiger partial charge in [0.25, 0.3) is 0 Å². The van der Waals surface area contributed by atoms with Gasteiger partial charge in [-0.15, -0.1) is 0 Å². The van der Waals surface area contributed by atoms with E-state index in [1.165, 1.54) is 12.3 Å². The molecule has 0 fully saturated rings. The van der Waals surface area contributed by atoms with Crippen molar-refractivity contribution >= 4 is 10.0 Å². The van der Waals surface area contributed by atoms with Gasteiger partial charge < -0.3 is 4.90 Å². The van der Waals surface area contributed by atoms with Gasteiger partial charge >= 0.3 is 0 Å². The number of sulfonamides is 1. The molecule has 23 heavy (non-hydrogen) atoms. The first-order valence-corrected chi connectivity index (χ1v) is 8.32. The van der Waals surface area contributed by atoms with Crippen molar-refractivity contribution in [2.45, 2.75) is 17.9 Å². The molecule has 0 amide bonds. The van der Waals surface area contributed by atoms with Gasteiger partial charge in [-0.2, -0.15) is 5.10 Å². The van der Waals surface area contributed by atoms with Gasteiger partial charge in [0.1, 0.15) is 16.5 Å². The summed E-state index contributed by atoms with van der Waals surface area (Å²) in [6.07, 6.45) is 1.19. The summed E-state index contributed by atoms with van der Waals surface area (Å²) in [4.78, 5) is 1.55. The van der Waals surface area contributed by atoms with E-state index in [1.54, 1.807) is 25.9 Å². The molecule has 6 nitrogen and oxygen atoms in total. The lowest BCUT2D eigenvalue weighted by atomic mass is 10.0. The fourth-order valence-electron chi connectivity index (χ4n) is 2.25. The molecule has 0 unspecified atom stereocenters. The third-order valence-corrected chi connectivity index (χ3v) is 5.03. The Labute approximate surface area is 133 Å². The second kappa shape index (κ2) is 6.73. The second-order valence-electron chi connectivity index (χ2n) is 5.33. The normalized spacial score (nSPS) is 13.5. The highest BCUT2D eigenvalue weighted by atomic mass is 32.2. The van der Waals surface area contributed by atoms with Crippen LogP contribution in [0, 0.1) is 18.6 Å². The SMILES string of the molecule is Cc1[nH]ncc1S(=O)(=O)NC[C@@H](c1c(F)cccc1F)N(C)C. The molecular formula is C14H18F2N4O2S. The Morgan fingerprint density at radius 2 is 1.91 bits per heavy atom. The number of aromatic nitrogens is 2. The van der Waals surface area contributed by atoms with E-state index in [0.717, 1.165) is 12.1 Å². The minimum absolute atomic E-state index is 0.00371. The van der Waals surface area contributed by atoms with Crippen LogP contribution in [0.25, 0.3) is 0 Å². The van der Waals surface area contributed by atoms with E-state index in [0.29, 0.717) is 5.69 Å². The first-order valence-electron chi connectivity index (χ1n) is 6.84. The van der Waals surface area contributed by atoms with Gasteiger partial charge in [0.2, 0.25) is 10.0 Å². The molecule has 2 rings (SSSR count). The van der Waals surface area contributed by atoms with Gasteiger partial charge in [-0.25, -0.2) is 21.9 Å². The highest BCUT2D eigenvalue weighted by Gasteiger charge is 2.25. The molecule has 0 bridgehead atoms. The molecule has 2 N–H and O–H groups in total. The molecule has 9 heteroatoms. The van der Waals surface area contributed by atoms with Crippen molar-refractivity contribution in [3.63, 3.8) is 0 Å². The van der Waals surface area contributed by atoms with Crippen LogP contribution in [0.3, 0.4) is 0 Å². The zero-order valence-electron chi connectivity index (χ0n) is 13.0. The number of hydrogen-bond acceptors (Lipinski definition) is 4. The third kappa shape index (κ3) is 3.74. The molecule has 2 aromatic rings. The Morgan fingerprint density at radius 3 is 2.39 bits per heavy atom. The summed E-state index contributed by atoms with van der Waals surface area (Å²) in [6.45, 7) is 1.39. The Bertz CT molecular complexity index is 770. The summed E-state index contributed by atoms with van der Waals surface area (Å²) in [5.74, 6) is -1.44. The lowest BCUT2D eigenvalue weighted by molar-refractivity contribution is 0.283. The van der Waals surface area contributed by atoms with Crippen LogP contribution in [-0.2, 0) is 10.0 Å². The van der Waals surface area contributed by atoms with Crippen molar-refractivity contribution < 1.29 is 17.2 Å². The summed E-state index contributed by atoms with van der Waals surface area (Å²) in [5.41, 5.74) is 0.208. The van der Waals surface area contributed by atoms with E-state index in [2.05, 4.69) is 14.9 Å². The Morgan fingerprint density at radius 1 is 1.30 bits per heavy atom. The van der Waals surface area contributed by atoms with E-state index >= 15 is 0 Å². The highest BCUT2D eigenvalue weighted by molar-refractivity contribution is 7.89. The van der Waals surface area contributed by atoms with Gasteiger partial charge in [-0.05, 0) is 33.2 Å². The average Bonchev–Trinajstić information content (AvgIpc) is 2.88. The first-order chi connectivity index (χ1) is 10.7. The van der Waals surface area contributed by atoms with Gasteiger partial charge in [-0.3, -0.25) is 5.10 Å². The van der Waals surface area contributed by atoms with Gasteiger partial charge in [-0.1, -0.05) is 6.07 Å². The lowest BCUT2D eigenvalue weighted by Crippen LogP contribution is -2.35. The molecular weight excluding hydrogens is 326 g/mol. The second-order valence-corrected chi connectivity index (χ2v) is 7.06. The number of H-pyrrole nitrogens is 1. The Kier molecular flexibility index (Phi) is 5.12. The summed E-state index contributed by atoms with van der Waals surface area (Å²) in [5, 5.41) is 6.20. The number of benzene rings is 1. The van der Waals surface area contributed by atoms with Crippen molar-refractivity contribution in [2.24, 2.45) is 0 Å². The van der Waals surface area contributed by atoms with Crippen LogP contribution in [0.5, 0.6) is 0 Å². The molecule has 1 aromatic carbocycles. The molecule has 0 radical (unpaired) electrons. The van der Waals surface area contributed by atoms with Gasteiger partial charge in [0.15, 0.2) is 0 Å². The van der Waals surface area contributed by atoms with E-state index in [9.17, 15) is 17.2 Å². The van der Waals surface area contributed by atoms with Crippen LogP contribution >= 0.6 is 0 Å². The van der Waals surface area contributed by atoms with Crippen molar-refractivity contribution in [3.8, 4) is 0 Å². The zero-order chi connectivity index (χ0) is 17.2. The maximum Gasteiger partial charge on any atom is 0.244 e. The smallest absolute Gasteiger partial charge is 0.244 e. The average molecular weight is 344 g/mol. The minimum atomic E-state index is -3.83. The predicted octanol–water partition coefficient (Wildman–Crippen LogP) is 1.58. The van der Waals surface area contributed by atoms with Crippen LogP contribution < -0.4 is 4.72 Å². The van der Waals surface area contributed by atoms with Crippen molar-refractivity contribution in [1.82, 2.24) is 19.8 Å². The largest absolute Gasteiger partial charge is 0.301 e. The topological polar surface area (TPSA) is 78.1 Å². The summed E-state index contributed by atoms with van der Waals surface area (Å²) >= 11 is 0. The number of nitrogens with zero attached hydrogens (tertiary/aromatic N) is 2. The number of halogens is 2. The maximum atomic E-state index is 14.0. The zero-order valence-corrected chi connectivity index (χ0v) is 13.8. The molecule has 126 valence electrons. The maximum absolute atomic E-state index is 14.0. The van der Waals surface area contributed by atoms with E-state index < -0.39 is 27.7 Å². The summed E-state index contributed by atoms with van der Waals surface area (Å²) in [7, 11) is -0.587. The van der Waals surface area contributed by atoms with Gasteiger partial charge in [0.05, 0.1) is 17.9 Å². The lowest BCUT2D eigenvalue weighted by Gasteiger charge is -2.25. The molecule has 0 aliphatic rings. The van der Waals surface area contributed by atoms with Crippen LogP contribution in [-0.4, -0.2) is 44.2 Å². The number of rotatable bonds is 6. The standard InChI is InChI=1S/C14H18F2N4O2S/c1-9-13(8-17-19-9)23(21,22)18-7-12(20(2)3)14-10(15)5-4-6-11(14)16/h4-6,8,12,18H,7H2,1-3H3,(H,17,19)/t12-/m0/s1. The van der Waals surface area contributed by atoms with E-state index in [1.807, 2.05) is 0 Å². The molecule has 0 saturated carbocycles. The Hall–Kier alpha value is -1.84. The van der Waals surface area contributed by atoms with Crippen molar-refractivity contribution in [3.05, 3.63) is 47.3 Å². The van der Waals surface area contributed by atoms with Crippen LogP contribution in [0.4, 0.5) is 8.78 Å². The molecule has 0 saturated heterocycles. The van der Waals surface area contributed by atoms with E-state index in [-0.39, 0.29) is 17.0 Å². The number of aryl methyl sites for hydroxylation is 1. The van der Waals surface area contributed by atoms with Crippen LogP contribution in [0.15, 0.2) is 29.3 Å². The predicted molar refractivity (Wildman–Crippen MR) is 81.3 cm³/mol. The molecule has 1 atom stereocenters. The molecule has 1 heterocycles. The fourth-order valence-corrected chi connectivity index (χ4v) is 3.42. The summed E-state index contributed by atoms with van der Waals surface area (Å²) in [6, 6.07) is 2.76. The molecule has 1 aromatic heterocycles. The van der Waals surface area contributed by atoms with Gasteiger partial charge in [0, 0.05) is 12.1 Å². The monoisotopic (exact) mass is 344 g/mol. The number of nitrogens with one attached hydrogen (secondary N) is 2. The third-order valence-electron chi connectivity index (χ3n) is 3.50. The quantitative estimate of drug-likeness (QED) is 0.834. The number of hydrogen-bond donors (Lipinski definition) is 2. The highest BCUT2D eigenvalue weighted by Crippen LogP contribution is 2.24. The fraction of sp³-hybridized carbons (Fsp3) is 0.357. The molecule has 0 spiro atoms. The van der Waals surface area contributed by atoms with E-state index in [4.69, 9.17) is 0 Å². The number of aromatic amines is 1. The van der Waals surface area contributed by atoms with Crippen molar-refractivity contribution in [2.75, 3.05) is 20.6 Å². The first kappa shape index (κ1) is 17.5.